The fraction of sp³-hybridized carbons (Fsp3) is 0.636. The Labute approximate surface area is 144 Å². The zero-order chi connectivity index (χ0) is 17.8. The van der Waals surface area contributed by atoms with Crippen LogP contribution in [0, 0.1) is 0 Å². The molecule has 1 heteroatoms. The Bertz CT molecular complexity index is 503. The number of ether oxygens (including phenoxy) is 1. The molecule has 0 bridgehead atoms. The normalized spacial score (nSPS) is 14.3. The van der Waals surface area contributed by atoms with Crippen LogP contribution in [0.25, 0.3) is 0 Å². The van der Waals surface area contributed by atoms with Crippen LogP contribution < -0.4 is 4.74 Å². The Balaban J connectivity index is 3.47. The van der Waals surface area contributed by atoms with Crippen LogP contribution in [-0.4, -0.2) is 7.11 Å². The molecular formula is C22H36O. The van der Waals surface area contributed by atoms with E-state index in [0.29, 0.717) is 5.92 Å². The number of benzene rings is 1. The van der Waals surface area contributed by atoms with E-state index in [2.05, 4.69) is 79.7 Å². The monoisotopic (exact) mass is 316 g/mol. The zero-order valence-corrected chi connectivity index (χ0v) is 16.7. The summed E-state index contributed by atoms with van der Waals surface area (Å²) in [6.07, 6.45) is 6.76. The highest BCUT2D eigenvalue weighted by molar-refractivity contribution is 5.51. The van der Waals surface area contributed by atoms with Crippen molar-refractivity contribution in [2.45, 2.75) is 85.0 Å². The van der Waals surface area contributed by atoms with Gasteiger partial charge in [0.15, 0.2) is 0 Å². The summed E-state index contributed by atoms with van der Waals surface area (Å²) < 4.78 is 5.85. The lowest BCUT2D eigenvalue weighted by Gasteiger charge is -2.31. The van der Waals surface area contributed by atoms with Gasteiger partial charge in [-0.05, 0) is 35.2 Å². The molecule has 0 fully saturated rings. The van der Waals surface area contributed by atoms with Crippen molar-refractivity contribution in [3.05, 3.63) is 41.0 Å². The Kier molecular flexibility index (Phi) is 6.50. The zero-order valence-electron chi connectivity index (χ0n) is 16.7. The lowest BCUT2D eigenvalue weighted by Crippen LogP contribution is -2.20. The maximum Gasteiger partial charge on any atom is 0.126 e. The van der Waals surface area contributed by atoms with Crippen LogP contribution in [0.5, 0.6) is 5.75 Å². The summed E-state index contributed by atoms with van der Waals surface area (Å²) >= 11 is 0. The molecule has 0 aliphatic rings. The second-order valence-electron chi connectivity index (χ2n) is 8.67. The molecule has 0 aromatic heterocycles. The van der Waals surface area contributed by atoms with Gasteiger partial charge in [0, 0.05) is 11.1 Å². The van der Waals surface area contributed by atoms with E-state index in [-0.39, 0.29) is 10.8 Å². The molecule has 0 amide bonds. The standard InChI is InChI=1S/C22H36O/c1-10-11-12-13-16(2)17-14-18(21(3,4)5)20(23-9)19(15-17)22(6,7)8/h11-12,14-16H,10,13H2,1-9H3/b12-11-. The van der Waals surface area contributed by atoms with Gasteiger partial charge in [-0.1, -0.05) is 79.7 Å². The number of methoxy groups -OCH3 is 1. The third kappa shape index (κ3) is 5.12. The molecule has 130 valence electrons. The Morgan fingerprint density at radius 2 is 1.43 bits per heavy atom. The molecular weight excluding hydrogens is 280 g/mol. The summed E-state index contributed by atoms with van der Waals surface area (Å²) in [5.74, 6) is 1.58. The van der Waals surface area contributed by atoms with Gasteiger partial charge in [0.05, 0.1) is 7.11 Å². The number of hydrogen-bond acceptors (Lipinski definition) is 1. The average Bonchev–Trinajstić information content (AvgIpc) is 2.44. The second kappa shape index (κ2) is 7.55. The molecule has 0 aliphatic carbocycles. The molecule has 0 saturated carbocycles. The van der Waals surface area contributed by atoms with E-state index in [0.717, 1.165) is 18.6 Å². The molecule has 1 aromatic carbocycles. The van der Waals surface area contributed by atoms with Gasteiger partial charge in [0.25, 0.3) is 0 Å². The smallest absolute Gasteiger partial charge is 0.126 e. The van der Waals surface area contributed by atoms with Crippen LogP contribution in [0.1, 0.15) is 90.8 Å². The highest BCUT2D eigenvalue weighted by Gasteiger charge is 2.28. The summed E-state index contributed by atoms with van der Waals surface area (Å²) in [7, 11) is 1.80. The minimum absolute atomic E-state index is 0.0698. The highest BCUT2D eigenvalue weighted by Crippen LogP contribution is 2.42. The SMILES string of the molecule is CC/C=C\CC(C)c1cc(C(C)(C)C)c(OC)c(C(C)(C)C)c1. The van der Waals surface area contributed by atoms with Crippen molar-refractivity contribution in [2.75, 3.05) is 7.11 Å². The summed E-state index contributed by atoms with van der Waals surface area (Å²) in [6.45, 7) is 18.1. The van der Waals surface area contributed by atoms with E-state index in [1.54, 1.807) is 7.11 Å². The van der Waals surface area contributed by atoms with Crippen molar-refractivity contribution in [2.24, 2.45) is 0 Å². The lowest BCUT2D eigenvalue weighted by atomic mass is 9.77. The van der Waals surface area contributed by atoms with Crippen molar-refractivity contribution >= 4 is 0 Å². The molecule has 1 aromatic rings. The van der Waals surface area contributed by atoms with Crippen molar-refractivity contribution in [3.63, 3.8) is 0 Å². The third-order valence-corrected chi connectivity index (χ3v) is 4.39. The van der Waals surface area contributed by atoms with Crippen LogP contribution in [0.15, 0.2) is 24.3 Å². The third-order valence-electron chi connectivity index (χ3n) is 4.39. The summed E-state index contributed by atoms with van der Waals surface area (Å²) in [6, 6.07) is 4.72. The quantitative estimate of drug-likeness (QED) is 0.546. The van der Waals surface area contributed by atoms with Gasteiger partial charge in [-0.15, -0.1) is 0 Å². The van der Waals surface area contributed by atoms with E-state index in [1.807, 2.05) is 0 Å². The molecule has 1 rings (SSSR count). The van der Waals surface area contributed by atoms with E-state index in [4.69, 9.17) is 4.74 Å². The van der Waals surface area contributed by atoms with E-state index < -0.39 is 0 Å². The molecule has 1 atom stereocenters. The van der Waals surface area contributed by atoms with E-state index >= 15 is 0 Å². The number of hydrogen-bond donors (Lipinski definition) is 0. The lowest BCUT2D eigenvalue weighted by molar-refractivity contribution is 0.381. The van der Waals surface area contributed by atoms with Gasteiger partial charge in [-0.3, -0.25) is 0 Å². The van der Waals surface area contributed by atoms with Crippen LogP contribution in [-0.2, 0) is 10.8 Å². The fourth-order valence-corrected chi connectivity index (χ4v) is 2.87. The molecule has 0 radical (unpaired) electrons. The first-order valence-electron chi connectivity index (χ1n) is 8.90. The minimum atomic E-state index is 0.0698. The Morgan fingerprint density at radius 3 is 1.78 bits per heavy atom. The predicted octanol–water partition coefficient (Wildman–Crippen LogP) is 6.75. The van der Waals surface area contributed by atoms with Crippen LogP contribution in [0.3, 0.4) is 0 Å². The van der Waals surface area contributed by atoms with Gasteiger partial charge in [-0.25, -0.2) is 0 Å². The Hall–Kier alpha value is -1.24. The first-order valence-corrected chi connectivity index (χ1v) is 8.90. The van der Waals surface area contributed by atoms with Gasteiger partial charge in [0.2, 0.25) is 0 Å². The van der Waals surface area contributed by atoms with Gasteiger partial charge >= 0.3 is 0 Å². The Morgan fingerprint density at radius 1 is 0.957 bits per heavy atom. The molecule has 0 N–H and O–H groups in total. The van der Waals surface area contributed by atoms with Crippen LogP contribution in [0.4, 0.5) is 0 Å². The van der Waals surface area contributed by atoms with E-state index in [1.165, 1.54) is 16.7 Å². The first-order chi connectivity index (χ1) is 10.5. The maximum absolute atomic E-state index is 5.85. The number of allylic oxidation sites excluding steroid dienone is 2. The topological polar surface area (TPSA) is 9.23 Å². The highest BCUT2D eigenvalue weighted by atomic mass is 16.5. The van der Waals surface area contributed by atoms with Gasteiger partial charge in [-0.2, -0.15) is 0 Å². The molecule has 0 aliphatic heterocycles. The van der Waals surface area contributed by atoms with Gasteiger partial charge in [0.1, 0.15) is 5.75 Å². The molecule has 0 saturated heterocycles. The average molecular weight is 317 g/mol. The van der Waals surface area contributed by atoms with E-state index in [9.17, 15) is 0 Å². The van der Waals surface area contributed by atoms with Crippen molar-refractivity contribution < 1.29 is 4.74 Å². The molecule has 0 heterocycles. The van der Waals surface area contributed by atoms with Crippen molar-refractivity contribution in [1.82, 2.24) is 0 Å². The molecule has 0 spiro atoms. The predicted molar refractivity (Wildman–Crippen MR) is 103 cm³/mol. The largest absolute Gasteiger partial charge is 0.496 e. The van der Waals surface area contributed by atoms with Crippen LogP contribution >= 0.6 is 0 Å². The van der Waals surface area contributed by atoms with Crippen LogP contribution in [0.2, 0.25) is 0 Å². The first kappa shape index (κ1) is 19.8. The second-order valence-corrected chi connectivity index (χ2v) is 8.67. The fourth-order valence-electron chi connectivity index (χ4n) is 2.87. The van der Waals surface area contributed by atoms with Crippen molar-refractivity contribution in [3.8, 4) is 5.75 Å². The summed E-state index contributed by atoms with van der Waals surface area (Å²) in [5, 5.41) is 0. The number of rotatable bonds is 5. The maximum atomic E-state index is 5.85. The van der Waals surface area contributed by atoms with Gasteiger partial charge < -0.3 is 4.74 Å². The summed E-state index contributed by atoms with van der Waals surface area (Å²) in [4.78, 5) is 0. The molecule has 1 unspecified atom stereocenters. The molecule has 23 heavy (non-hydrogen) atoms. The van der Waals surface area contributed by atoms with Crippen molar-refractivity contribution in [1.29, 1.82) is 0 Å². The summed E-state index contributed by atoms with van der Waals surface area (Å²) in [5.41, 5.74) is 4.18. The molecule has 1 nitrogen and oxygen atoms in total. The minimum Gasteiger partial charge on any atom is -0.496 e.